The zero-order chi connectivity index (χ0) is 12.3. The van der Waals surface area contributed by atoms with Crippen LogP contribution in [0.25, 0.3) is 0 Å². The Morgan fingerprint density at radius 2 is 1.94 bits per heavy atom. The zero-order valence-corrected chi connectivity index (χ0v) is 10.6. The molecule has 1 aromatic rings. The van der Waals surface area contributed by atoms with Crippen molar-refractivity contribution in [3.8, 4) is 0 Å². The van der Waals surface area contributed by atoms with Crippen molar-refractivity contribution in [2.75, 3.05) is 0 Å². The summed E-state index contributed by atoms with van der Waals surface area (Å²) in [4.78, 5) is 12.1. The van der Waals surface area contributed by atoms with Gasteiger partial charge in [-0.25, -0.2) is 0 Å². The van der Waals surface area contributed by atoms with Gasteiger partial charge in [0.1, 0.15) is 0 Å². The molecule has 1 aromatic carbocycles. The molecule has 2 nitrogen and oxygen atoms in total. The first-order chi connectivity index (χ1) is 7.43. The Morgan fingerprint density at radius 1 is 1.31 bits per heavy atom. The van der Waals surface area contributed by atoms with Crippen LogP contribution in [0.4, 0.5) is 0 Å². The van der Waals surface area contributed by atoms with Crippen molar-refractivity contribution in [1.29, 1.82) is 0 Å². The third-order valence-corrected chi connectivity index (χ3v) is 2.93. The van der Waals surface area contributed by atoms with Crippen LogP contribution in [0.5, 0.6) is 0 Å². The van der Waals surface area contributed by atoms with E-state index in [4.69, 9.17) is 5.73 Å². The molecule has 2 N–H and O–H groups in total. The molecule has 0 bridgehead atoms. The fourth-order valence-corrected chi connectivity index (χ4v) is 1.83. The number of hydrogen-bond donors (Lipinski definition) is 1. The fraction of sp³-hybridized carbons (Fsp3) is 0.500. The van der Waals surface area contributed by atoms with Gasteiger partial charge >= 0.3 is 0 Å². The topological polar surface area (TPSA) is 43.1 Å². The zero-order valence-electron chi connectivity index (χ0n) is 10.6. The Kier molecular flexibility index (Phi) is 4.25. The molecule has 1 atom stereocenters. The third-order valence-electron chi connectivity index (χ3n) is 2.93. The number of carbonyl (C=O) groups is 1. The molecule has 1 unspecified atom stereocenters. The van der Waals surface area contributed by atoms with E-state index in [2.05, 4.69) is 13.8 Å². The van der Waals surface area contributed by atoms with E-state index in [-0.39, 0.29) is 11.8 Å². The van der Waals surface area contributed by atoms with Gasteiger partial charge in [0.05, 0.1) is 6.04 Å². The van der Waals surface area contributed by atoms with E-state index in [0.717, 1.165) is 23.1 Å². The second-order valence-corrected chi connectivity index (χ2v) is 4.85. The highest BCUT2D eigenvalue weighted by Crippen LogP contribution is 2.16. The molecular weight excluding hydrogens is 198 g/mol. The normalized spacial score (nSPS) is 12.9. The minimum Gasteiger partial charge on any atom is -0.321 e. The summed E-state index contributed by atoms with van der Waals surface area (Å²) < 4.78 is 0. The van der Waals surface area contributed by atoms with Crippen LogP contribution in [0, 0.1) is 19.8 Å². The van der Waals surface area contributed by atoms with E-state index < -0.39 is 0 Å². The largest absolute Gasteiger partial charge is 0.321 e. The number of rotatable bonds is 4. The number of aryl methyl sites for hydroxylation is 1. The molecule has 0 saturated carbocycles. The Balaban J connectivity index is 2.92. The lowest BCUT2D eigenvalue weighted by atomic mass is 9.93. The summed E-state index contributed by atoms with van der Waals surface area (Å²) in [5, 5.41) is 0. The lowest BCUT2D eigenvalue weighted by molar-refractivity contribution is 0.0950. The highest BCUT2D eigenvalue weighted by molar-refractivity contribution is 6.01. The molecule has 0 spiro atoms. The van der Waals surface area contributed by atoms with Crippen molar-refractivity contribution in [1.82, 2.24) is 0 Å². The Hall–Kier alpha value is -1.15. The maximum atomic E-state index is 12.1. The number of benzene rings is 1. The monoisotopic (exact) mass is 219 g/mol. The van der Waals surface area contributed by atoms with Gasteiger partial charge in [0.15, 0.2) is 5.78 Å². The van der Waals surface area contributed by atoms with Gasteiger partial charge in [-0.05, 0) is 37.3 Å². The van der Waals surface area contributed by atoms with E-state index in [1.54, 1.807) is 0 Å². The van der Waals surface area contributed by atoms with Gasteiger partial charge in [0.25, 0.3) is 0 Å². The summed E-state index contributed by atoms with van der Waals surface area (Å²) in [5.41, 5.74) is 8.88. The number of Topliss-reactive ketones (excluding diaryl/α,β-unsaturated/α-hetero) is 1. The first-order valence-corrected chi connectivity index (χ1v) is 5.79. The van der Waals surface area contributed by atoms with Crippen LogP contribution >= 0.6 is 0 Å². The lowest BCUT2D eigenvalue weighted by Crippen LogP contribution is -2.32. The summed E-state index contributed by atoms with van der Waals surface area (Å²) in [7, 11) is 0. The minimum atomic E-state index is -0.375. The summed E-state index contributed by atoms with van der Waals surface area (Å²) in [6, 6.07) is 5.42. The van der Waals surface area contributed by atoms with Gasteiger partial charge in [0.2, 0.25) is 0 Å². The van der Waals surface area contributed by atoms with Crippen LogP contribution in [0.15, 0.2) is 18.2 Å². The van der Waals surface area contributed by atoms with E-state index in [1.165, 1.54) is 0 Å². The highest BCUT2D eigenvalue weighted by Gasteiger charge is 2.18. The first kappa shape index (κ1) is 12.9. The quantitative estimate of drug-likeness (QED) is 0.791. The van der Waals surface area contributed by atoms with Gasteiger partial charge in [-0.3, -0.25) is 4.79 Å². The molecule has 0 aliphatic rings. The molecule has 88 valence electrons. The summed E-state index contributed by atoms with van der Waals surface area (Å²) in [6.07, 6.45) is 0.742. The Labute approximate surface area is 97.9 Å². The van der Waals surface area contributed by atoms with Crippen molar-refractivity contribution >= 4 is 5.78 Å². The first-order valence-electron chi connectivity index (χ1n) is 5.79. The van der Waals surface area contributed by atoms with Crippen molar-refractivity contribution in [2.24, 2.45) is 11.7 Å². The maximum Gasteiger partial charge on any atom is 0.179 e. The van der Waals surface area contributed by atoms with Crippen LogP contribution in [-0.2, 0) is 0 Å². The SMILES string of the molecule is Cc1cccc(C(=O)C(N)CC(C)C)c1C. The van der Waals surface area contributed by atoms with Crippen LogP contribution < -0.4 is 5.73 Å². The van der Waals surface area contributed by atoms with Crippen molar-refractivity contribution in [3.63, 3.8) is 0 Å². The van der Waals surface area contributed by atoms with E-state index in [9.17, 15) is 4.79 Å². The van der Waals surface area contributed by atoms with Crippen molar-refractivity contribution in [3.05, 3.63) is 34.9 Å². The molecule has 0 amide bonds. The molecule has 0 aliphatic carbocycles. The van der Waals surface area contributed by atoms with Crippen LogP contribution in [0.3, 0.4) is 0 Å². The second-order valence-electron chi connectivity index (χ2n) is 4.85. The molecule has 0 aromatic heterocycles. The predicted octanol–water partition coefficient (Wildman–Crippen LogP) is 2.86. The molecule has 0 aliphatic heterocycles. The lowest BCUT2D eigenvalue weighted by Gasteiger charge is -2.15. The fourth-order valence-electron chi connectivity index (χ4n) is 1.83. The number of hydrogen-bond acceptors (Lipinski definition) is 2. The van der Waals surface area contributed by atoms with Gasteiger partial charge in [-0.15, -0.1) is 0 Å². The second kappa shape index (κ2) is 5.26. The van der Waals surface area contributed by atoms with Gasteiger partial charge in [-0.1, -0.05) is 32.0 Å². The van der Waals surface area contributed by atoms with Crippen LogP contribution in [0.1, 0.15) is 41.8 Å². The van der Waals surface area contributed by atoms with Crippen molar-refractivity contribution in [2.45, 2.75) is 40.2 Å². The number of ketones is 1. The number of carbonyl (C=O) groups excluding carboxylic acids is 1. The Bertz CT molecular complexity index is 382. The van der Waals surface area contributed by atoms with Gasteiger partial charge in [-0.2, -0.15) is 0 Å². The van der Waals surface area contributed by atoms with E-state index >= 15 is 0 Å². The molecule has 1 rings (SSSR count). The van der Waals surface area contributed by atoms with Gasteiger partial charge < -0.3 is 5.73 Å². The molecule has 0 saturated heterocycles. The molecule has 0 fully saturated rings. The Morgan fingerprint density at radius 3 is 2.50 bits per heavy atom. The maximum absolute atomic E-state index is 12.1. The average Bonchev–Trinajstić information content (AvgIpc) is 2.20. The molecule has 0 heterocycles. The van der Waals surface area contributed by atoms with Gasteiger partial charge in [0, 0.05) is 5.56 Å². The molecule has 16 heavy (non-hydrogen) atoms. The van der Waals surface area contributed by atoms with E-state index in [0.29, 0.717) is 5.92 Å². The standard InChI is InChI=1S/C14H21NO/c1-9(2)8-13(15)14(16)12-7-5-6-10(3)11(12)4/h5-7,9,13H,8,15H2,1-4H3. The van der Waals surface area contributed by atoms with Crippen molar-refractivity contribution < 1.29 is 4.79 Å². The molecule has 0 radical (unpaired) electrons. The van der Waals surface area contributed by atoms with E-state index in [1.807, 2.05) is 32.0 Å². The summed E-state index contributed by atoms with van der Waals surface area (Å²) in [5.74, 6) is 0.513. The molecule has 2 heteroatoms. The smallest absolute Gasteiger partial charge is 0.179 e. The predicted molar refractivity (Wildman–Crippen MR) is 67.7 cm³/mol. The summed E-state index contributed by atoms with van der Waals surface area (Å²) >= 11 is 0. The third kappa shape index (κ3) is 2.92. The number of nitrogens with two attached hydrogens (primary N) is 1. The average molecular weight is 219 g/mol. The minimum absolute atomic E-state index is 0.0647. The van der Waals surface area contributed by atoms with Crippen LogP contribution in [0.2, 0.25) is 0 Å². The highest BCUT2D eigenvalue weighted by atomic mass is 16.1. The molecular formula is C14H21NO. The van der Waals surface area contributed by atoms with Crippen LogP contribution in [-0.4, -0.2) is 11.8 Å². The summed E-state index contributed by atoms with van der Waals surface area (Å²) in [6.45, 7) is 8.15.